The average molecular weight is 388 g/mol. The Morgan fingerprint density at radius 3 is 2.66 bits per heavy atom. The number of nitrogens with zero attached hydrogens (tertiary/aromatic N) is 3. The van der Waals surface area contributed by atoms with Crippen LogP contribution < -0.4 is 5.32 Å². The molecule has 3 heterocycles. The molecule has 148 valence electrons. The highest BCUT2D eigenvalue weighted by atomic mass is 16.5. The van der Waals surface area contributed by atoms with Crippen LogP contribution in [0.2, 0.25) is 0 Å². The molecule has 1 aromatic heterocycles. The van der Waals surface area contributed by atoms with Crippen molar-refractivity contribution in [3.8, 4) is 11.3 Å². The van der Waals surface area contributed by atoms with E-state index in [4.69, 9.17) is 4.74 Å². The highest BCUT2D eigenvalue weighted by molar-refractivity contribution is 5.90. The van der Waals surface area contributed by atoms with E-state index in [1.807, 2.05) is 36.4 Å². The lowest BCUT2D eigenvalue weighted by atomic mass is 9.79. The lowest BCUT2D eigenvalue weighted by Crippen LogP contribution is -2.38. The molecule has 1 aromatic carbocycles. The van der Waals surface area contributed by atoms with Gasteiger partial charge in [-0.25, -0.2) is 9.78 Å². The van der Waals surface area contributed by atoms with E-state index in [1.54, 1.807) is 17.3 Å². The molecule has 0 radical (unpaired) electrons. The van der Waals surface area contributed by atoms with Crippen LogP contribution in [-0.4, -0.2) is 39.7 Å². The van der Waals surface area contributed by atoms with Gasteiger partial charge in [0, 0.05) is 17.7 Å². The molecule has 1 saturated carbocycles. The topological polar surface area (TPSA) is 67.4 Å². The highest BCUT2D eigenvalue weighted by Gasteiger charge is 2.44. The molecule has 29 heavy (non-hydrogen) atoms. The van der Waals surface area contributed by atoms with Gasteiger partial charge in [0.15, 0.2) is 5.82 Å². The lowest BCUT2D eigenvalue weighted by molar-refractivity contribution is -0.0103. The number of hydrogen-bond acceptors (Lipinski definition) is 4. The predicted molar refractivity (Wildman–Crippen MR) is 111 cm³/mol. The Kier molecular flexibility index (Phi) is 4.64. The normalized spacial score (nSPS) is 20.1. The summed E-state index contributed by atoms with van der Waals surface area (Å²) in [6.07, 6.45) is 13.2. The number of hydrogen-bond donors (Lipinski definition) is 1. The van der Waals surface area contributed by atoms with Crippen molar-refractivity contribution in [2.24, 2.45) is 0 Å². The second-order valence-corrected chi connectivity index (χ2v) is 7.80. The summed E-state index contributed by atoms with van der Waals surface area (Å²) in [5.41, 5.74) is 3.75. The van der Waals surface area contributed by atoms with Gasteiger partial charge in [0.1, 0.15) is 0 Å². The smallest absolute Gasteiger partial charge is 0.327 e. The van der Waals surface area contributed by atoms with Crippen LogP contribution in [0.15, 0.2) is 66.1 Å². The summed E-state index contributed by atoms with van der Waals surface area (Å²) in [4.78, 5) is 23.5. The molecule has 5 rings (SSSR count). The fourth-order valence-corrected chi connectivity index (χ4v) is 4.55. The Morgan fingerprint density at radius 1 is 1.07 bits per heavy atom. The van der Waals surface area contributed by atoms with Crippen molar-refractivity contribution in [1.82, 2.24) is 14.9 Å². The molecule has 0 atom stereocenters. The van der Waals surface area contributed by atoms with Crippen molar-refractivity contribution in [1.29, 1.82) is 0 Å². The minimum absolute atomic E-state index is 0.194. The van der Waals surface area contributed by atoms with E-state index in [0.29, 0.717) is 19.0 Å². The van der Waals surface area contributed by atoms with E-state index in [2.05, 4.69) is 21.4 Å². The Hall–Kier alpha value is -2.99. The molecule has 3 aliphatic rings. The van der Waals surface area contributed by atoms with Crippen LogP contribution >= 0.6 is 0 Å². The summed E-state index contributed by atoms with van der Waals surface area (Å²) < 4.78 is 6.25. The van der Waals surface area contributed by atoms with E-state index < -0.39 is 0 Å². The molecule has 2 aliphatic heterocycles. The minimum Gasteiger partial charge on any atom is -0.364 e. The van der Waals surface area contributed by atoms with E-state index in [1.165, 1.54) is 24.8 Å². The van der Waals surface area contributed by atoms with E-state index in [0.717, 1.165) is 29.8 Å². The van der Waals surface area contributed by atoms with Crippen LogP contribution in [0.5, 0.6) is 0 Å². The van der Waals surface area contributed by atoms with E-state index in [-0.39, 0.29) is 11.6 Å². The number of benzene rings is 1. The summed E-state index contributed by atoms with van der Waals surface area (Å²) >= 11 is 0. The van der Waals surface area contributed by atoms with Crippen molar-refractivity contribution in [3.05, 3.63) is 66.1 Å². The number of fused-ring (bicyclic) bond motifs is 1. The highest BCUT2D eigenvalue weighted by Crippen LogP contribution is 2.45. The monoisotopic (exact) mass is 388 g/mol. The predicted octanol–water partition coefficient (Wildman–Crippen LogP) is 4.53. The quantitative estimate of drug-likeness (QED) is 0.820. The SMILES string of the molecule is O=C(Nc1cnc(-c2ccccc2)cn1)N1CC=CC2=C1COC21CCCCC1. The van der Waals surface area contributed by atoms with Gasteiger partial charge >= 0.3 is 6.03 Å². The van der Waals surface area contributed by atoms with Crippen molar-refractivity contribution >= 4 is 11.8 Å². The molecule has 1 aliphatic carbocycles. The Balaban J connectivity index is 1.32. The first-order valence-electron chi connectivity index (χ1n) is 10.3. The summed E-state index contributed by atoms with van der Waals surface area (Å²) in [5.74, 6) is 0.442. The van der Waals surface area contributed by atoms with Crippen LogP contribution in [-0.2, 0) is 4.74 Å². The number of aromatic nitrogens is 2. The second-order valence-electron chi connectivity index (χ2n) is 7.80. The maximum absolute atomic E-state index is 13.0. The van der Waals surface area contributed by atoms with Crippen LogP contribution in [0.1, 0.15) is 32.1 Å². The molecule has 0 unspecified atom stereocenters. The first-order valence-corrected chi connectivity index (χ1v) is 10.3. The van der Waals surface area contributed by atoms with Crippen LogP contribution in [0.4, 0.5) is 10.6 Å². The molecule has 2 amide bonds. The molecule has 0 saturated heterocycles. The van der Waals surface area contributed by atoms with Gasteiger partial charge in [0.2, 0.25) is 0 Å². The summed E-state index contributed by atoms with van der Waals surface area (Å²) in [6.45, 7) is 1.03. The number of rotatable bonds is 2. The maximum Gasteiger partial charge on any atom is 0.327 e. The minimum atomic E-state index is -0.194. The molecule has 0 bridgehead atoms. The molecular weight excluding hydrogens is 364 g/mol. The number of amides is 2. The second kappa shape index (κ2) is 7.44. The van der Waals surface area contributed by atoms with Gasteiger partial charge in [0.25, 0.3) is 0 Å². The fourth-order valence-electron chi connectivity index (χ4n) is 4.55. The number of nitrogens with one attached hydrogen (secondary N) is 1. The summed E-state index contributed by atoms with van der Waals surface area (Å²) in [7, 11) is 0. The third kappa shape index (κ3) is 3.34. The van der Waals surface area contributed by atoms with Crippen molar-refractivity contribution in [2.75, 3.05) is 18.5 Å². The van der Waals surface area contributed by atoms with Gasteiger partial charge in [-0.05, 0) is 12.8 Å². The first kappa shape index (κ1) is 18.1. The van der Waals surface area contributed by atoms with Crippen LogP contribution in [0.25, 0.3) is 11.3 Å². The molecule has 1 spiro atoms. The number of carbonyl (C=O) groups excluding carboxylic acids is 1. The fraction of sp³-hybridized carbons (Fsp3) is 0.348. The molecule has 1 N–H and O–H groups in total. The maximum atomic E-state index is 13.0. The molecule has 6 nitrogen and oxygen atoms in total. The zero-order chi connectivity index (χ0) is 19.7. The van der Waals surface area contributed by atoms with Gasteiger partial charge in [-0.15, -0.1) is 0 Å². The Labute approximate surface area is 170 Å². The molecule has 2 aromatic rings. The van der Waals surface area contributed by atoms with Gasteiger partial charge < -0.3 is 4.74 Å². The largest absolute Gasteiger partial charge is 0.364 e. The third-order valence-corrected chi connectivity index (χ3v) is 6.05. The van der Waals surface area contributed by atoms with E-state index >= 15 is 0 Å². The summed E-state index contributed by atoms with van der Waals surface area (Å²) in [6, 6.07) is 9.66. The van der Waals surface area contributed by atoms with Crippen LogP contribution in [0, 0.1) is 0 Å². The molecule has 6 heteroatoms. The molecular formula is C23H24N4O2. The van der Waals surface area contributed by atoms with Crippen molar-refractivity contribution in [2.45, 2.75) is 37.7 Å². The molecule has 1 fully saturated rings. The van der Waals surface area contributed by atoms with Gasteiger partial charge in [-0.1, -0.05) is 61.7 Å². The van der Waals surface area contributed by atoms with E-state index in [9.17, 15) is 4.79 Å². The average Bonchev–Trinajstić information content (AvgIpc) is 3.13. The number of anilines is 1. The van der Waals surface area contributed by atoms with Crippen molar-refractivity contribution in [3.63, 3.8) is 0 Å². The number of ether oxygens (including phenoxy) is 1. The Bertz CT molecular complexity index is 960. The summed E-state index contributed by atoms with van der Waals surface area (Å²) in [5, 5.41) is 2.88. The van der Waals surface area contributed by atoms with Gasteiger partial charge in [0.05, 0.1) is 36.0 Å². The zero-order valence-corrected chi connectivity index (χ0v) is 16.3. The zero-order valence-electron chi connectivity index (χ0n) is 16.3. The van der Waals surface area contributed by atoms with Crippen LogP contribution in [0.3, 0.4) is 0 Å². The number of carbonyl (C=O) groups is 1. The lowest BCUT2D eigenvalue weighted by Gasteiger charge is -2.35. The van der Waals surface area contributed by atoms with Crippen molar-refractivity contribution < 1.29 is 9.53 Å². The standard InChI is InChI=1S/C23H24N4O2/c28-22(26-21-15-24-19(14-25-21)17-8-3-1-4-9-17)27-13-7-10-18-20(27)16-29-23(18)11-5-2-6-12-23/h1,3-4,7-10,14-15H,2,5-6,11-13,16H2,(H,25,26,28). The van der Waals surface area contributed by atoms with Gasteiger partial charge in [-0.2, -0.15) is 0 Å². The number of urea groups is 1. The van der Waals surface area contributed by atoms with Gasteiger partial charge in [-0.3, -0.25) is 15.2 Å². The Morgan fingerprint density at radius 2 is 1.90 bits per heavy atom. The third-order valence-electron chi connectivity index (χ3n) is 6.05. The first-order chi connectivity index (χ1) is 14.3.